The smallest absolute Gasteiger partial charge is 0.125 e. The predicted molar refractivity (Wildman–Crippen MR) is 62.3 cm³/mol. The van der Waals surface area contributed by atoms with Gasteiger partial charge in [0.05, 0.1) is 10.0 Å². The molecule has 4 heteroatoms. The van der Waals surface area contributed by atoms with Gasteiger partial charge in [0.1, 0.15) is 5.84 Å². The van der Waals surface area contributed by atoms with Gasteiger partial charge in [0, 0.05) is 12.1 Å². The SMILES string of the molecule is CCCN=C(N)c1ccc(Cl)c(Cl)c1. The lowest BCUT2D eigenvalue weighted by atomic mass is 10.2. The standard InChI is InChI=1S/C10H12Cl2N2/c1-2-5-14-10(13)7-3-4-8(11)9(12)6-7/h3-4,6H,2,5H2,1H3,(H2,13,14). The zero-order valence-corrected chi connectivity index (χ0v) is 9.44. The van der Waals surface area contributed by atoms with Gasteiger partial charge >= 0.3 is 0 Å². The van der Waals surface area contributed by atoms with Gasteiger partial charge in [-0.2, -0.15) is 0 Å². The van der Waals surface area contributed by atoms with Crippen LogP contribution in [-0.4, -0.2) is 12.4 Å². The van der Waals surface area contributed by atoms with Crippen LogP contribution in [0.2, 0.25) is 10.0 Å². The summed E-state index contributed by atoms with van der Waals surface area (Å²) in [7, 11) is 0. The first-order chi connectivity index (χ1) is 6.65. The largest absolute Gasteiger partial charge is 0.384 e. The summed E-state index contributed by atoms with van der Waals surface area (Å²) in [5, 5.41) is 1.03. The summed E-state index contributed by atoms with van der Waals surface area (Å²) >= 11 is 11.6. The third-order valence-electron chi connectivity index (χ3n) is 1.72. The lowest BCUT2D eigenvalue weighted by Gasteiger charge is -2.02. The second kappa shape index (κ2) is 5.23. The number of amidine groups is 1. The Morgan fingerprint density at radius 3 is 2.64 bits per heavy atom. The molecule has 0 atom stereocenters. The fourth-order valence-corrected chi connectivity index (χ4v) is 1.28. The Morgan fingerprint density at radius 1 is 1.36 bits per heavy atom. The van der Waals surface area contributed by atoms with Gasteiger partial charge in [-0.15, -0.1) is 0 Å². The molecule has 2 N–H and O–H groups in total. The molecule has 0 unspecified atom stereocenters. The normalized spacial score (nSPS) is 11.8. The number of aliphatic imine (C=N–C) groups is 1. The van der Waals surface area contributed by atoms with Crippen molar-refractivity contribution in [2.75, 3.05) is 6.54 Å². The minimum absolute atomic E-state index is 0.499. The van der Waals surface area contributed by atoms with Crippen LogP contribution in [0.1, 0.15) is 18.9 Å². The monoisotopic (exact) mass is 230 g/mol. The molecule has 0 spiro atoms. The molecular formula is C10H12Cl2N2. The second-order valence-electron chi connectivity index (χ2n) is 2.90. The lowest BCUT2D eigenvalue weighted by molar-refractivity contribution is 0.930. The van der Waals surface area contributed by atoms with E-state index in [1.54, 1.807) is 12.1 Å². The van der Waals surface area contributed by atoms with Crippen molar-refractivity contribution in [3.8, 4) is 0 Å². The molecule has 1 rings (SSSR count). The van der Waals surface area contributed by atoms with Crippen LogP contribution >= 0.6 is 23.2 Å². The van der Waals surface area contributed by atoms with E-state index in [9.17, 15) is 0 Å². The zero-order valence-electron chi connectivity index (χ0n) is 7.93. The molecule has 0 radical (unpaired) electrons. The Labute approximate surface area is 93.7 Å². The molecule has 0 aromatic heterocycles. The lowest BCUT2D eigenvalue weighted by Crippen LogP contribution is -2.13. The van der Waals surface area contributed by atoms with E-state index >= 15 is 0 Å². The average molecular weight is 231 g/mol. The minimum atomic E-state index is 0.499. The van der Waals surface area contributed by atoms with E-state index < -0.39 is 0 Å². The summed E-state index contributed by atoms with van der Waals surface area (Å²) in [4.78, 5) is 4.18. The molecule has 0 amide bonds. The molecule has 76 valence electrons. The summed E-state index contributed by atoms with van der Waals surface area (Å²) in [6.07, 6.45) is 0.974. The Hall–Kier alpha value is -0.730. The zero-order chi connectivity index (χ0) is 10.6. The molecule has 0 saturated heterocycles. The summed E-state index contributed by atoms with van der Waals surface area (Å²) in [5.41, 5.74) is 6.56. The fraction of sp³-hybridized carbons (Fsp3) is 0.300. The first-order valence-corrected chi connectivity index (χ1v) is 5.16. The van der Waals surface area contributed by atoms with Crippen molar-refractivity contribution in [2.45, 2.75) is 13.3 Å². The molecule has 0 fully saturated rings. The minimum Gasteiger partial charge on any atom is -0.384 e. The van der Waals surface area contributed by atoms with Gasteiger partial charge in [-0.1, -0.05) is 30.1 Å². The van der Waals surface area contributed by atoms with Crippen LogP contribution in [0.25, 0.3) is 0 Å². The van der Waals surface area contributed by atoms with Gasteiger partial charge in [0.25, 0.3) is 0 Å². The highest BCUT2D eigenvalue weighted by molar-refractivity contribution is 6.42. The Morgan fingerprint density at radius 2 is 2.07 bits per heavy atom. The molecule has 0 bridgehead atoms. The quantitative estimate of drug-likeness (QED) is 0.629. The topological polar surface area (TPSA) is 38.4 Å². The highest BCUT2D eigenvalue weighted by Gasteiger charge is 2.01. The first kappa shape index (κ1) is 11.3. The molecule has 0 heterocycles. The number of nitrogens with two attached hydrogens (primary N) is 1. The van der Waals surface area contributed by atoms with Gasteiger partial charge in [-0.3, -0.25) is 4.99 Å². The molecule has 0 aliphatic rings. The van der Waals surface area contributed by atoms with Crippen molar-refractivity contribution >= 4 is 29.0 Å². The summed E-state index contributed by atoms with van der Waals surface area (Å²) < 4.78 is 0. The Kier molecular flexibility index (Phi) is 4.23. The summed E-state index contributed by atoms with van der Waals surface area (Å²) in [6, 6.07) is 5.24. The van der Waals surface area contributed by atoms with Crippen LogP contribution in [0.5, 0.6) is 0 Å². The van der Waals surface area contributed by atoms with E-state index in [2.05, 4.69) is 4.99 Å². The number of hydrogen-bond acceptors (Lipinski definition) is 1. The van der Waals surface area contributed by atoms with E-state index in [4.69, 9.17) is 28.9 Å². The first-order valence-electron chi connectivity index (χ1n) is 4.40. The molecule has 2 nitrogen and oxygen atoms in total. The van der Waals surface area contributed by atoms with Crippen molar-refractivity contribution in [1.82, 2.24) is 0 Å². The van der Waals surface area contributed by atoms with Crippen molar-refractivity contribution in [1.29, 1.82) is 0 Å². The van der Waals surface area contributed by atoms with Crippen LogP contribution < -0.4 is 5.73 Å². The van der Waals surface area contributed by atoms with Gasteiger partial charge in [-0.25, -0.2) is 0 Å². The molecule has 1 aromatic rings. The van der Waals surface area contributed by atoms with Gasteiger partial charge in [0.2, 0.25) is 0 Å². The van der Waals surface area contributed by atoms with E-state index in [1.165, 1.54) is 0 Å². The van der Waals surface area contributed by atoms with Gasteiger partial charge in [-0.05, 0) is 24.6 Å². The third-order valence-corrected chi connectivity index (χ3v) is 2.46. The van der Waals surface area contributed by atoms with E-state index in [0.717, 1.165) is 18.5 Å². The van der Waals surface area contributed by atoms with Gasteiger partial charge in [0.15, 0.2) is 0 Å². The maximum absolute atomic E-state index is 5.85. The molecule has 1 aromatic carbocycles. The van der Waals surface area contributed by atoms with E-state index in [-0.39, 0.29) is 0 Å². The van der Waals surface area contributed by atoms with Crippen LogP contribution in [0.4, 0.5) is 0 Å². The number of benzene rings is 1. The third kappa shape index (κ3) is 2.89. The summed E-state index contributed by atoms with van der Waals surface area (Å²) in [5.74, 6) is 0.505. The molecule has 14 heavy (non-hydrogen) atoms. The number of nitrogens with zero attached hydrogens (tertiary/aromatic N) is 1. The van der Waals surface area contributed by atoms with Crippen molar-refractivity contribution in [3.05, 3.63) is 33.8 Å². The molecule has 0 saturated carbocycles. The molecule has 0 aliphatic heterocycles. The van der Waals surface area contributed by atoms with Crippen LogP contribution in [0, 0.1) is 0 Å². The number of rotatable bonds is 3. The van der Waals surface area contributed by atoms with Crippen LogP contribution in [-0.2, 0) is 0 Å². The highest BCUT2D eigenvalue weighted by atomic mass is 35.5. The fourth-order valence-electron chi connectivity index (χ4n) is 0.979. The Bertz CT molecular complexity index is 348. The van der Waals surface area contributed by atoms with Crippen LogP contribution in [0.15, 0.2) is 23.2 Å². The predicted octanol–water partition coefficient (Wildman–Crippen LogP) is 3.11. The van der Waals surface area contributed by atoms with Crippen molar-refractivity contribution in [3.63, 3.8) is 0 Å². The highest BCUT2D eigenvalue weighted by Crippen LogP contribution is 2.22. The molecular weight excluding hydrogens is 219 g/mol. The summed E-state index contributed by atoms with van der Waals surface area (Å²) in [6.45, 7) is 2.78. The van der Waals surface area contributed by atoms with E-state index in [1.807, 2.05) is 13.0 Å². The number of hydrogen-bond donors (Lipinski definition) is 1. The van der Waals surface area contributed by atoms with Crippen molar-refractivity contribution in [2.24, 2.45) is 10.7 Å². The van der Waals surface area contributed by atoms with Crippen molar-refractivity contribution < 1.29 is 0 Å². The van der Waals surface area contributed by atoms with E-state index in [0.29, 0.717) is 15.9 Å². The maximum atomic E-state index is 5.85. The average Bonchev–Trinajstić information content (AvgIpc) is 2.18. The van der Waals surface area contributed by atoms with Gasteiger partial charge < -0.3 is 5.73 Å². The number of halogens is 2. The Balaban J connectivity index is 2.91. The molecule has 0 aliphatic carbocycles. The maximum Gasteiger partial charge on any atom is 0.125 e. The second-order valence-corrected chi connectivity index (χ2v) is 3.71. The van der Waals surface area contributed by atoms with Crippen LogP contribution in [0.3, 0.4) is 0 Å².